The highest BCUT2D eigenvalue weighted by Crippen LogP contribution is 2.44. The summed E-state index contributed by atoms with van der Waals surface area (Å²) in [5, 5.41) is 15.3. The highest BCUT2D eigenvalue weighted by atomic mass is 19.4. The molecule has 212 valence electrons. The Morgan fingerprint density at radius 2 is 1.45 bits per heavy atom. The molecule has 0 aliphatic heterocycles. The lowest BCUT2D eigenvalue weighted by molar-refractivity contribution is -0.261. The van der Waals surface area contributed by atoms with E-state index in [1.807, 2.05) is 0 Å². The first-order valence-corrected chi connectivity index (χ1v) is 11.0. The maximum absolute atomic E-state index is 13.9. The second kappa shape index (κ2) is 11.4. The SMILES string of the molecule is CO[C@H](C)CC(=O)NCc1ccc(NC[C@](O)(c2cc(C(F)(F)F)cc(C(F)(F)F)c2)C(F)(F)F)cc1C. The molecule has 1 amide bonds. The van der Waals surface area contributed by atoms with Crippen LogP contribution < -0.4 is 10.6 Å². The van der Waals surface area contributed by atoms with Gasteiger partial charge in [0.15, 0.2) is 0 Å². The molecule has 3 N–H and O–H groups in total. The smallest absolute Gasteiger partial charge is 0.381 e. The van der Waals surface area contributed by atoms with Gasteiger partial charge in [-0.05, 0) is 60.9 Å². The molecule has 0 heterocycles. The van der Waals surface area contributed by atoms with Gasteiger partial charge in [-0.1, -0.05) is 6.07 Å². The number of alkyl halides is 9. The lowest BCUT2D eigenvalue weighted by atomic mass is 9.89. The molecule has 2 rings (SSSR count). The third kappa shape index (κ3) is 7.76. The topological polar surface area (TPSA) is 70.6 Å². The van der Waals surface area contributed by atoms with E-state index in [2.05, 4.69) is 10.6 Å². The average molecular weight is 560 g/mol. The molecule has 0 bridgehead atoms. The Hall–Kier alpha value is -3.00. The predicted octanol–water partition coefficient (Wildman–Crippen LogP) is 5.94. The fourth-order valence-corrected chi connectivity index (χ4v) is 3.40. The molecule has 0 spiro atoms. The lowest BCUT2D eigenvalue weighted by Gasteiger charge is -2.32. The predicted molar refractivity (Wildman–Crippen MR) is 119 cm³/mol. The van der Waals surface area contributed by atoms with Crippen LogP contribution in [0, 0.1) is 6.92 Å². The van der Waals surface area contributed by atoms with Gasteiger partial charge >= 0.3 is 18.5 Å². The Morgan fingerprint density at radius 3 is 1.89 bits per heavy atom. The Balaban J connectivity index is 2.32. The van der Waals surface area contributed by atoms with Gasteiger partial charge in [0.1, 0.15) is 0 Å². The standard InChI is InChI=1S/C24H25F9N2O3/c1-13-6-19(5-4-15(13)11-34-20(36)7-14(2)38-3)35-12-21(37,24(31,32)33)16-8-17(22(25,26)27)10-18(9-16)23(28,29)30/h4-6,8-10,14,35,37H,7,11-12H2,1-3H3,(H,34,36)/t14-,21+/m1/s1. The average Bonchev–Trinajstić information content (AvgIpc) is 2.79. The molecule has 0 radical (unpaired) electrons. The molecule has 0 aliphatic rings. The number of hydrogen-bond acceptors (Lipinski definition) is 4. The van der Waals surface area contributed by atoms with Gasteiger partial charge in [0.25, 0.3) is 0 Å². The number of rotatable bonds is 9. The molecular formula is C24H25F9N2O3. The van der Waals surface area contributed by atoms with E-state index >= 15 is 0 Å². The minimum Gasteiger partial charge on any atom is -0.381 e. The summed E-state index contributed by atoms with van der Waals surface area (Å²) in [6.07, 6.45) is -16.7. The van der Waals surface area contributed by atoms with E-state index in [4.69, 9.17) is 4.74 Å². The molecule has 0 aliphatic carbocycles. The number of carbonyl (C=O) groups is 1. The van der Waals surface area contributed by atoms with Crippen molar-refractivity contribution in [1.82, 2.24) is 5.32 Å². The Kier molecular flexibility index (Phi) is 9.36. The van der Waals surface area contributed by atoms with Crippen LogP contribution in [0.3, 0.4) is 0 Å². The van der Waals surface area contributed by atoms with Crippen molar-refractivity contribution in [3.05, 3.63) is 64.2 Å². The van der Waals surface area contributed by atoms with Crippen molar-refractivity contribution < 1.29 is 54.2 Å². The third-order valence-corrected chi connectivity index (χ3v) is 5.78. The molecular weight excluding hydrogens is 535 g/mol. The summed E-state index contributed by atoms with van der Waals surface area (Å²) >= 11 is 0. The van der Waals surface area contributed by atoms with E-state index < -0.39 is 47.4 Å². The second-order valence-corrected chi connectivity index (χ2v) is 8.67. The number of carbonyl (C=O) groups excluding carboxylic acids is 1. The summed E-state index contributed by atoms with van der Waals surface area (Å²) in [7, 11) is 1.44. The Morgan fingerprint density at radius 1 is 0.921 bits per heavy atom. The van der Waals surface area contributed by atoms with E-state index in [0.29, 0.717) is 11.1 Å². The molecule has 2 aromatic rings. The summed E-state index contributed by atoms with van der Waals surface area (Å²) < 4.78 is 126. The Bertz CT molecular complexity index is 1100. The number of halogens is 9. The van der Waals surface area contributed by atoms with Crippen molar-refractivity contribution in [2.45, 2.75) is 57.0 Å². The number of aliphatic hydroxyl groups is 1. The maximum atomic E-state index is 13.9. The number of hydrogen-bond donors (Lipinski definition) is 3. The molecule has 14 heteroatoms. The van der Waals surface area contributed by atoms with Crippen molar-refractivity contribution in [3.63, 3.8) is 0 Å². The quantitative estimate of drug-likeness (QED) is 0.333. The van der Waals surface area contributed by atoms with Gasteiger partial charge in [0.05, 0.1) is 30.2 Å². The number of amides is 1. The molecule has 0 fully saturated rings. The summed E-state index contributed by atoms with van der Waals surface area (Å²) in [6, 6.07) is 3.44. The van der Waals surface area contributed by atoms with Gasteiger partial charge in [-0.2, -0.15) is 39.5 Å². The van der Waals surface area contributed by atoms with Crippen molar-refractivity contribution >= 4 is 11.6 Å². The van der Waals surface area contributed by atoms with Gasteiger partial charge in [0, 0.05) is 19.3 Å². The highest BCUT2D eigenvalue weighted by Gasteiger charge is 2.56. The van der Waals surface area contributed by atoms with Crippen LogP contribution in [0.2, 0.25) is 0 Å². The number of benzene rings is 2. The first-order chi connectivity index (χ1) is 17.3. The van der Waals surface area contributed by atoms with Crippen LogP contribution in [0.25, 0.3) is 0 Å². The fourth-order valence-electron chi connectivity index (χ4n) is 3.40. The fraction of sp³-hybridized carbons (Fsp3) is 0.458. The number of nitrogens with one attached hydrogen (secondary N) is 2. The lowest BCUT2D eigenvalue weighted by Crippen LogP contribution is -2.48. The summed E-state index contributed by atoms with van der Waals surface area (Å²) in [6.45, 7) is 1.86. The third-order valence-electron chi connectivity index (χ3n) is 5.78. The molecule has 2 aromatic carbocycles. The van der Waals surface area contributed by atoms with Gasteiger partial charge in [-0.25, -0.2) is 0 Å². The largest absolute Gasteiger partial charge is 0.423 e. The Labute approximate surface area is 212 Å². The molecule has 2 atom stereocenters. The number of ether oxygens (including phenoxy) is 1. The normalized spacial score (nSPS) is 15.1. The summed E-state index contributed by atoms with van der Waals surface area (Å²) in [5.41, 5.74) is -8.62. The van der Waals surface area contributed by atoms with Crippen LogP contribution in [0.1, 0.15) is 41.2 Å². The molecule has 0 saturated heterocycles. The summed E-state index contributed by atoms with van der Waals surface area (Å²) in [4.78, 5) is 11.9. The van der Waals surface area contributed by atoms with Crippen molar-refractivity contribution in [2.24, 2.45) is 0 Å². The van der Waals surface area contributed by atoms with Crippen molar-refractivity contribution in [3.8, 4) is 0 Å². The zero-order valence-corrected chi connectivity index (χ0v) is 20.3. The van der Waals surface area contributed by atoms with Crippen LogP contribution in [0.5, 0.6) is 0 Å². The van der Waals surface area contributed by atoms with Gasteiger partial charge in [-0.15, -0.1) is 0 Å². The maximum Gasteiger partial charge on any atom is 0.423 e. The van der Waals surface area contributed by atoms with E-state index in [0.717, 1.165) is 0 Å². The first kappa shape index (κ1) is 31.2. The summed E-state index contributed by atoms with van der Waals surface area (Å²) in [5.74, 6) is -0.310. The second-order valence-electron chi connectivity index (χ2n) is 8.67. The van der Waals surface area contributed by atoms with Crippen LogP contribution in [-0.2, 0) is 34.0 Å². The van der Waals surface area contributed by atoms with Crippen molar-refractivity contribution in [1.29, 1.82) is 0 Å². The monoisotopic (exact) mass is 560 g/mol. The van der Waals surface area contributed by atoms with E-state index in [1.54, 1.807) is 13.8 Å². The number of methoxy groups -OCH3 is 1. The number of anilines is 1. The van der Waals surface area contributed by atoms with E-state index in [9.17, 15) is 49.4 Å². The zero-order chi connectivity index (χ0) is 29.1. The number of aryl methyl sites for hydroxylation is 1. The van der Waals surface area contributed by atoms with Crippen LogP contribution >= 0.6 is 0 Å². The minimum absolute atomic E-state index is 0.00345. The minimum atomic E-state index is -5.65. The molecule has 0 aromatic heterocycles. The van der Waals surface area contributed by atoms with Gasteiger partial charge < -0.3 is 20.5 Å². The highest BCUT2D eigenvalue weighted by molar-refractivity contribution is 5.76. The zero-order valence-electron chi connectivity index (χ0n) is 20.3. The van der Waals surface area contributed by atoms with Gasteiger partial charge in [0.2, 0.25) is 11.5 Å². The molecule has 38 heavy (non-hydrogen) atoms. The van der Waals surface area contributed by atoms with E-state index in [-0.39, 0.29) is 48.9 Å². The first-order valence-electron chi connectivity index (χ1n) is 11.0. The van der Waals surface area contributed by atoms with E-state index in [1.165, 1.54) is 25.3 Å². The van der Waals surface area contributed by atoms with Crippen LogP contribution in [-0.4, -0.2) is 36.9 Å². The van der Waals surface area contributed by atoms with Crippen LogP contribution in [0.15, 0.2) is 36.4 Å². The van der Waals surface area contributed by atoms with Gasteiger partial charge in [-0.3, -0.25) is 4.79 Å². The van der Waals surface area contributed by atoms with Crippen LogP contribution in [0.4, 0.5) is 45.2 Å². The molecule has 5 nitrogen and oxygen atoms in total. The van der Waals surface area contributed by atoms with Crippen molar-refractivity contribution in [2.75, 3.05) is 19.0 Å². The molecule has 0 unspecified atom stereocenters. The molecule has 0 saturated carbocycles.